The van der Waals surface area contributed by atoms with E-state index in [0.29, 0.717) is 17.5 Å². The van der Waals surface area contributed by atoms with Crippen LogP contribution in [0.5, 0.6) is 0 Å². The summed E-state index contributed by atoms with van der Waals surface area (Å²) in [6.07, 6.45) is -0.336. The van der Waals surface area contributed by atoms with Gasteiger partial charge >= 0.3 is 0 Å². The third-order valence-corrected chi connectivity index (χ3v) is 3.66. The average molecular weight is 288 g/mol. The topological polar surface area (TPSA) is 92.0 Å². The number of nitriles is 1. The number of hydrogen-bond donors (Lipinski definition) is 2. The average Bonchev–Trinajstić information content (AvgIpc) is 2.92. The van der Waals surface area contributed by atoms with E-state index < -0.39 is 0 Å². The molecule has 2 heterocycles. The summed E-state index contributed by atoms with van der Waals surface area (Å²) in [4.78, 5) is 9.04. The Morgan fingerprint density at radius 3 is 2.91 bits per heavy atom. The number of para-hydroxylation sites is 2. The van der Waals surface area contributed by atoms with Crippen LogP contribution in [-0.4, -0.2) is 15.5 Å². The summed E-state index contributed by atoms with van der Waals surface area (Å²) in [6, 6.07) is 17.4. The Hall–Kier alpha value is -3.33. The lowest BCUT2D eigenvalue weighted by Gasteiger charge is -2.23. The first kappa shape index (κ1) is 12.4. The maximum atomic E-state index is 9.10. The Morgan fingerprint density at radius 2 is 2.05 bits per heavy atom. The lowest BCUT2D eigenvalue weighted by Crippen LogP contribution is -2.31. The van der Waals surface area contributed by atoms with Crippen molar-refractivity contribution in [2.45, 2.75) is 6.17 Å². The fourth-order valence-electron chi connectivity index (χ4n) is 2.71. The number of hydrogen-bond acceptors (Lipinski definition) is 5. The number of nitrogens with zero attached hydrogens (tertiary/aromatic N) is 4. The van der Waals surface area contributed by atoms with Crippen LogP contribution < -0.4 is 11.1 Å². The van der Waals surface area contributed by atoms with Gasteiger partial charge in [0.05, 0.1) is 22.7 Å². The van der Waals surface area contributed by atoms with Crippen LogP contribution in [0.15, 0.2) is 53.5 Å². The van der Waals surface area contributed by atoms with E-state index in [1.807, 2.05) is 47.0 Å². The summed E-state index contributed by atoms with van der Waals surface area (Å²) < 4.78 is 1.99. The highest BCUT2D eigenvalue weighted by molar-refractivity contribution is 5.94. The van der Waals surface area contributed by atoms with Gasteiger partial charge < -0.3 is 5.73 Å². The minimum absolute atomic E-state index is 0.315. The van der Waals surface area contributed by atoms with Gasteiger partial charge in [-0.2, -0.15) is 5.26 Å². The van der Waals surface area contributed by atoms with Crippen molar-refractivity contribution in [1.29, 1.82) is 5.26 Å². The third-order valence-electron chi connectivity index (χ3n) is 3.66. The minimum atomic E-state index is -0.336. The highest BCUT2D eigenvalue weighted by atomic mass is 15.4. The van der Waals surface area contributed by atoms with Gasteiger partial charge in [0.1, 0.15) is 0 Å². The quantitative estimate of drug-likeness (QED) is 0.718. The van der Waals surface area contributed by atoms with Gasteiger partial charge in [-0.1, -0.05) is 24.3 Å². The van der Waals surface area contributed by atoms with E-state index in [-0.39, 0.29) is 6.17 Å². The van der Waals surface area contributed by atoms with Gasteiger partial charge in [-0.15, -0.1) is 0 Å². The second-order valence-electron chi connectivity index (χ2n) is 5.04. The van der Waals surface area contributed by atoms with E-state index >= 15 is 0 Å². The number of nitrogens with two attached hydrogens (primary N) is 1. The van der Waals surface area contributed by atoms with Crippen LogP contribution in [0.3, 0.4) is 0 Å². The molecule has 106 valence electrons. The molecule has 2 aromatic carbocycles. The van der Waals surface area contributed by atoms with Gasteiger partial charge in [-0.3, -0.25) is 9.88 Å². The molecule has 1 aromatic heterocycles. The Bertz CT molecular complexity index is 947. The highest BCUT2D eigenvalue weighted by Crippen LogP contribution is 2.32. The molecule has 0 aliphatic carbocycles. The molecule has 0 unspecified atom stereocenters. The largest absolute Gasteiger partial charge is 0.370 e. The predicted octanol–water partition coefficient (Wildman–Crippen LogP) is 2.20. The molecule has 0 saturated carbocycles. The first-order valence-corrected chi connectivity index (χ1v) is 6.83. The maximum absolute atomic E-state index is 9.10. The molecule has 4 rings (SSSR count). The Kier molecular flexibility index (Phi) is 2.60. The summed E-state index contributed by atoms with van der Waals surface area (Å²) in [5, 5.41) is 12.1. The first-order chi connectivity index (χ1) is 10.8. The van der Waals surface area contributed by atoms with Crippen molar-refractivity contribution >= 4 is 22.9 Å². The van der Waals surface area contributed by atoms with Crippen molar-refractivity contribution < 1.29 is 0 Å². The van der Waals surface area contributed by atoms with E-state index in [4.69, 9.17) is 11.0 Å². The Balaban J connectivity index is 1.96. The summed E-state index contributed by atoms with van der Waals surface area (Å²) >= 11 is 0. The summed E-state index contributed by atoms with van der Waals surface area (Å²) in [5.74, 6) is 0.969. The van der Waals surface area contributed by atoms with Crippen LogP contribution in [0.1, 0.15) is 17.3 Å². The third kappa shape index (κ3) is 1.80. The van der Waals surface area contributed by atoms with Gasteiger partial charge in [0, 0.05) is 0 Å². The molecule has 6 heteroatoms. The van der Waals surface area contributed by atoms with E-state index in [0.717, 1.165) is 16.6 Å². The molecular formula is C16H12N6. The maximum Gasteiger partial charge on any atom is 0.212 e. The molecule has 0 spiro atoms. The monoisotopic (exact) mass is 288 g/mol. The van der Waals surface area contributed by atoms with Crippen LogP contribution in [-0.2, 0) is 0 Å². The summed E-state index contributed by atoms with van der Waals surface area (Å²) in [6.45, 7) is 0. The first-order valence-electron chi connectivity index (χ1n) is 6.83. The van der Waals surface area contributed by atoms with Gasteiger partial charge in [0.15, 0.2) is 12.1 Å². The zero-order chi connectivity index (χ0) is 15.1. The van der Waals surface area contributed by atoms with Crippen LogP contribution >= 0.6 is 0 Å². The van der Waals surface area contributed by atoms with Crippen molar-refractivity contribution in [2.24, 2.45) is 10.7 Å². The molecule has 0 saturated heterocycles. The minimum Gasteiger partial charge on any atom is -0.370 e. The molecule has 1 aliphatic heterocycles. The second-order valence-corrected chi connectivity index (χ2v) is 5.04. The molecular weight excluding hydrogens is 276 g/mol. The molecule has 3 aromatic rings. The summed E-state index contributed by atoms with van der Waals surface area (Å²) in [7, 11) is 0. The lowest BCUT2D eigenvalue weighted by molar-refractivity contribution is 0.626. The summed E-state index contributed by atoms with van der Waals surface area (Å²) in [5.41, 5.74) is 9.22. The van der Waals surface area contributed by atoms with E-state index in [1.54, 1.807) is 6.07 Å². The lowest BCUT2D eigenvalue weighted by atomic mass is 10.1. The number of nitrogens with one attached hydrogen (secondary N) is 1. The van der Waals surface area contributed by atoms with Crippen molar-refractivity contribution in [3.05, 3.63) is 59.7 Å². The number of aromatic nitrogens is 2. The molecule has 1 atom stereocenters. The molecule has 3 N–H and O–H groups in total. The standard InChI is InChI=1S/C16H12N6/c17-9-10-4-3-5-11(8-10)14-20-15(18)21-16-19-12-6-1-2-7-13(12)22(14)16/h1-8,14H,(H3,18,19,20,21)/t14-/m1/s1. The van der Waals surface area contributed by atoms with Gasteiger partial charge in [-0.05, 0) is 29.8 Å². The van der Waals surface area contributed by atoms with E-state index in [1.165, 1.54) is 0 Å². The number of fused-ring (bicyclic) bond motifs is 3. The SMILES string of the molecule is N#Cc1cccc([C@@H]2N=C(N)Nc3nc4ccccc4n32)c1. The number of imidazole rings is 1. The molecule has 6 nitrogen and oxygen atoms in total. The van der Waals surface area contributed by atoms with Crippen molar-refractivity contribution in [3.63, 3.8) is 0 Å². The van der Waals surface area contributed by atoms with Crippen LogP contribution in [0, 0.1) is 11.3 Å². The zero-order valence-corrected chi connectivity index (χ0v) is 11.6. The number of benzene rings is 2. The van der Waals surface area contributed by atoms with E-state index in [9.17, 15) is 0 Å². The van der Waals surface area contributed by atoms with Crippen LogP contribution in [0.2, 0.25) is 0 Å². The van der Waals surface area contributed by atoms with E-state index in [2.05, 4.69) is 21.4 Å². The fraction of sp³-hybridized carbons (Fsp3) is 0.0625. The number of anilines is 1. The van der Waals surface area contributed by atoms with Crippen LogP contribution in [0.4, 0.5) is 5.95 Å². The molecule has 22 heavy (non-hydrogen) atoms. The number of guanidine groups is 1. The normalized spacial score (nSPS) is 16.5. The smallest absolute Gasteiger partial charge is 0.212 e. The molecule has 1 aliphatic rings. The molecule has 0 amide bonds. The van der Waals surface area contributed by atoms with Gasteiger partial charge in [-0.25, -0.2) is 9.98 Å². The Morgan fingerprint density at radius 1 is 1.18 bits per heavy atom. The fourth-order valence-corrected chi connectivity index (χ4v) is 2.71. The second kappa shape index (κ2) is 4.60. The zero-order valence-electron chi connectivity index (χ0n) is 11.6. The number of aliphatic imine (C=N–C) groups is 1. The Labute approximate surface area is 126 Å². The van der Waals surface area contributed by atoms with Gasteiger partial charge in [0.2, 0.25) is 5.95 Å². The van der Waals surface area contributed by atoms with Gasteiger partial charge in [0.25, 0.3) is 0 Å². The van der Waals surface area contributed by atoms with Crippen LogP contribution in [0.25, 0.3) is 11.0 Å². The molecule has 0 radical (unpaired) electrons. The van der Waals surface area contributed by atoms with Crippen molar-refractivity contribution in [3.8, 4) is 6.07 Å². The number of rotatable bonds is 1. The highest BCUT2D eigenvalue weighted by Gasteiger charge is 2.24. The predicted molar refractivity (Wildman–Crippen MR) is 84.3 cm³/mol. The van der Waals surface area contributed by atoms with Crippen molar-refractivity contribution in [1.82, 2.24) is 9.55 Å². The molecule has 0 bridgehead atoms. The molecule has 0 fully saturated rings. The van der Waals surface area contributed by atoms with Crippen molar-refractivity contribution in [2.75, 3.05) is 5.32 Å².